The van der Waals surface area contributed by atoms with E-state index in [1.165, 1.54) is 18.3 Å². The van der Waals surface area contributed by atoms with Crippen LogP contribution in [-0.2, 0) is 10.7 Å². The summed E-state index contributed by atoms with van der Waals surface area (Å²) in [6, 6.07) is 6.37. The number of fused-ring (bicyclic) bond motifs is 3. The molecule has 115 valence electrons. The van der Waals surface area contributed by atoms with Gasteiger partial charge in [0.05, 0.1) is 6.54 Å². The van der Waals surface area contributed by atoms with E-state index >= 15 is 0 Å². The number of benzene rings is 2. The number of carbonyl (C=O) groups is 1. The maximum atomic E-state index is 14.1. The molecular weight excluding hydrogens is 378 g/mol. The van der Waals surface area contributed by atoms with Gasteiger partial charge in [0, 0.05) is 27.5 Å². The number of rotatable bonds is 2. The molecule has 0 saturated heterocycles. The second-order valence-electron chi connectivity index (χ2n) is 4.77. The Morgan fingerprint density at radius 3 is 2.64 bits per heavy atom. The summed E-state index contributed by atoms with van der Waals surface area (Å²) < 4.78 is 29.0. The molecular formula is C15H11BrClF2N2O. The van der Waals surface area contributed by atoms with Crippen molar-refractivity contribution in [3.8, 4) is 0 Å². The smallest absolute Gasteiger partial charge is 0.285 e. The van der Waals surface area contributed by atoms with Gasteiger partial charge in [-0.1, -0.05) is 22.0 Å². The zero-order valence-electron chi connectivity index (χ0n) is 11.1. The molecule has 0 aliphatic carbocycles. The number of hydrogen-bond donors (Lipinski definition) is 1. The number of carbonyl (C=O) groups excluding carboxylic acids is 1. The number of nitrogens with zero attached hydrogens (tertiary/aromatic N) is 1. The van der Waals surface area contributed by atoms with Crippen molar-refractivity contribution in [2.24, 2.45) is 5.73 Å². The van der Waals surface area contributed by atoms with Crippen molar-refractivity contribution in [3.63, 3.8) is 0 Å². The first-order chi connectivity index (χ1) is 9.92. The fourth-order valence-corrected chi connectivity index (χ4v) is 2.78. The van der Waals surface area contributed by atoms with Gasteiger partial charge in [-0.05, 0) is 34.2 Å². The molecule has 0 unspecified atom stereocenters. The monoisotopic (exact) mass is 387 g/mol. The molecule has 3 nitrogen and oxygen atoms in total. The lowest BCUT2D eigenvalue weighted by molar-refractivity contribution is -0.114. The third-order valence-electron chi connectivity index (χ3n) is 3.42. The highest BCUT2D eigenvalue weighted by atomic mass is 79.9. The zero-order chi connectivity index (χ0) is 15.2. The van der Waals surface area contributed by atoms with Crippen LogP contribution in [0.15, 0.2) is 28.7 Å². The molecule has 1 aliphatic heterocycles. The van der Waals surface area contributed by atoms with E-state index in [9.17, 15) is 13.6 Å². The maximum Gasteiger partial charge on any atom is 0.285 e. The third-order valence-corrected chi connectivity index (χ3v) is 3.92. The van der Waals surface area contributed by atoms with Crippen LogP contribution in [0.1, 0.15) is 5.56 Å². The number of amides is 1. The first kappa shape index (κ1) is 16.9. The summed E-state index contributed by atoms with van der Waals surface area (Å²) in [4.78, 5) is 11.4. The van der Waals surface area contributed by atoms with Gasteiger partial charge in [-0.25, -0.2) is 5.32 Å². The fourth-order valence-electron chi connectivity index (χ4n) is 2.42. The van der Waals surface area contributed by atoms with Crippen molar-refractivity contribution in [2.75, 3.05) is 6.54 Å². The van der Waals surface area contributed by atoms with E-state index in [1.54, 1.807) is 18.2 Å². The predicted octanol–water partition coefficient (Wildman–Crippen LogP) is 1.74. The third kappa shape index (κ3) is 2.74. The molecule has 0 bridgehead atoms. The van der Waals surface area contributed by atoms with E-state index in [4.69, 9.17) is 5.73 Å². The Labute approximate surface area is 139 Å². The van der Waals surface area contributed by atoms with Crippen LogP contribution in [-0.4, -0.2) is 12.5 Å². The lowest BCUT2D eigenvalue weighted by Crippen LogP contribution is -2.36. The van der Waals surface area contributed by atoms with Crippen molar-refractivity contribution < 1.29 is 13.6 Å². The van der Waals surface area contributed by atoms with E-state index in [2.05, 4.69) is 21.2 Å². The van der Waals surface area contributed by atoms with Crippen molar-refractivity contribution in [1.29, 1.82) is 0 Å². The number of nitrogens with two attached hydrogens (primary N) is 1. The molecule has 3 rings (SSSR count). The zero-order valence-corrected chi connectivity index (χ0v) is 13.5. The van der Waals surface area contributed by atoms with E-state index in [0.717, 1.165) is 4.47 Å². The van der Waals surface area contributed by atoms with Crippen LogP contribution in [0, 0.1) is 0 Å². The average molecular weight is 389 g/mol. The Kier molecular flexibility index (Phi) is 4.56. The van der Waals surface area contributed by atoms with Crippen LogP contribution in [0.4, 0.5) is 8.78 Å². The Bertz CT molecular complexity index is 883. The molecule has 0 aromatic heterocycles. The van der Waals surface area contributed by atoms with E-state index < -0.39 is 18.4 Å². The van der Waals surface area contributed by atoms with Crippen LogP contribution in [0.25, 0.3) is 23.0 Å². The van der Waals surface area contributed by atoms with Gasteiger partial charge in [0.2, 0.25) is 0 Å². The molecule has 0 fully saturated rings. The molecule has 7 heteroatoms. The van der Waals surface area contributed by atoms with Gasteiger partial charge < -0.3 is 5.73 Å². The summed E-state index contributed by atoms with van der Waals surface area (Å²) in [7, 11) is 0. The topological polar surface area (TPSA) is 57.2 Å². The molecule has 1 amide bonds. The van der Waals surface area contributed by atoms with Crippen LogP contribution >= 0.6 is 28.3 Å². The van der Waals surface area contributed by atoms with Gasteiger partial charge in [-0.2, -0.15) is 8.78 Å². The summed E-state index contributed by atoms with van der Waals surface area (Å²) in [6.07, 6.45) is 2.67. The van der Waals surface area contributed by atoms with Gasteiger partial charge in [-0.3, -0.25) is 4.79 Å². The first-order valence-electron chi connectivity index (χ1n) is 6.20. The van der Waals surface area contributed by atoms with E-state index in [0.29, 0.717) is 21.2 Å². The first-order valence-corrected chi connectivity index (χ1v) is 6.99. The second-order valence-corrected chi connectivity index (χ2v) is 5.68. The number of halogens is 4. The van der Waals surface area contributed by atoms with Crippen LogP contribution in [0.3, 0.4) is 0 Å². The maximum absolute atomic E-state index is 14.1. The Hall–Kier alpha value is -1.50. The number of hydrogen-bond acceptors (Lipinski definition) is 2. The van der Waals surface area contributed by atoms with Gasteiger partial charge >= 0.3 is 0 Å². The summed E-state index contributed by atoms with van der Waals surface area (Å²) in [5.74, 6) is -3.62. The lowest BCUT2D eigenvalue weighted by atomic mass is 9.96. The van der Waals surface area contributed by atoms with Gasteiger partial charge in [0.15, 0.2) is 0 Å². The Morgan fingerprint density at radius 1 is 1.23 bits per heavy atom. The van der Waals surface area contributed by atoms with Gasteiger partial charge in [0.1, 0.15) is 0 Å². The van der Waals surface area contributed by atoms with Gasteiger partial charge in [-0.15, -0.1) is 12.4 Å². The van der Waals surface area contributed by atoms with Crippen molar-refractivity contribution in [3.05, 3.63) is 44.7 Å². The minimum Gasteiger partial charge on any atom is -0.325 e. The summed E-state index contributed by atoms with van der Waals surface area (Å²) >= 11 is 3.33. The molecule has 2 N–H and O–H groups in total. The van der Waals surface area contributed by atoms with Crippen molar-refractivity contribution >= 4 is 57.3 Å². The highest BCUT2D eigenvalue weighted by molar-refractivity contribution is 9.10. The van der Waals surface area contributed by atoms with E-state index in [1.807, 2.05) is 0 Å². The molecule has 0 saturated carbocycles. The molecule has 1 radical (unpaired) electrons. The van der Waals surface area contributed by atoms with Crippen LogP contribution in [0.5, 0.6) is 0 Å². The standard InChI is InChI=1S/C15H10BrF2N2O.ClH/c16-9-1-2-10-11(5-9)12-6-20-14(21)4-8(12)3-13(10)15(17,18)7-19;/h1-6H,7,19H2;1H. The van der Waals surface area contributed by atoms with Crippen molar-refractivity contribution in [2.45, 2.75) is 5.92 Å². The molecule has 1 heterocycles. The van der Waals surface area contributed by atoms with Crippen LogP contribution in [0.2, 0.25) is 0 Å². The minimum atomic E-state index is -3.16. The minimum absolute atomic E-state index is 0. The summed E-state index contributed by atoms with van der Waals surface area (Å²) in [5.41, 5.74) is 5.02. The second kappa shape index (κ2) is 5.95. The molecule has 0 spiro atoms. The predicted molar refractivity (Wildman–Crippen MR) is 87.2 cm³/mol. The largest absolute Gasteiger partial charge is 0.325 e. The normalized spacial score (nSPS) is 13.5. The highest BCUT2D eigenvalue weighted by Gasteiger charge is 2.32. The molecule has 0 atom stereocenters. The molecule has 22 heavy (non-hydrogen) atoms. The molecule has 2 aromatic carbocycles. The van der Waals surface area contributed by atoms with Gasteiger partial charge in [0.25, 0.3) is 11.8 Å². The number of alkyl halides is 2. The average Bonchev–Trinajstić information content (AvgIpc) is 2.45. The quantitative estimate of drug-likeness (QED) is 0.852. The fraction of sp³-hybridized carbons (Fsp3) is 0.133. The highest BCUT2D eigenvalue weighted by Crippen LogP contribution is 2.31. The molecule has 1 aliphatic rings. The summed E-state index contributed by atoms with van der Waals surface area (Å²) in [6.45, 7) is -0.793. The van der Waals surface area contributed by atoms with Crippen LogP contribution < -0.4 is 21.5 Å². The lowest BCUT2D eigenvalue weighted by Gasteiger charge is -2.18. The Balaban J connectivity index is 0.00000176. The van der Waals surface area contributed by atoms with E-state index in [-0.39, 0.29) is 18.0 Å². The van der Waals surface area contributed by atoms with Crippen molar-refractivity contribution in [1.82, 2.24) is 5.32 Å². The SMILES string of the molecule is Cl.NCC(F)(F)c1cc2c(c3cc(Br)ccc13)=C[N]C(=O)C=2. The summed E-state index contributed by atoms with van der Waals surface area (Å²) in [5, 5.41) is 5.82. The molecule has 2 aromatic rings. The Morgan fingerprint density at radius 2 is 1.95 bits per heavy atom.